The molecule has 26 heavy (non-hydrogen) atoms. The molecule has 0 aliphatic heterocycles. The summed E-state index contributed by atoms with van der Waals surface area (Å²) in [6.07, 6.45) is 1.59. The highest BCUT2D eigenvalue weighted by molar-refractivity contribution is 6.30. The first-order valence-corrected chi connectivity index (χ1v) is 8.42. The van der Waals surface area contributed by atoms with E-state index in [9.17, 15) is 4.79 Å². The van der Waals surface area contributed by atoms with Gasteiger partial charge in [-0.1, -0.05) is 29.8 Å². The molecule has 0 saturated carbocycles. The second-order valence-electron chi connectivity index (χ2n) is 5.56. The largest absolute Gasteiger partial charge is 0.496 e. The predicted molar refractivity (Wildman–Crippen MR) is 103 cm³/mol. The van der Waals surface area contributed by atoms with Crippen molar-refractivity contribution >= 4 is 29.0 Å². The summed E-state index contributed by atoms with van der Waals surface area (Å²) in [7, 11) is 1.61. The van der Waals surface area contributed by atoms with E-state index in [-0.39, 0.29) is 5.91 Å². The van der Waals surface area contributed by atoms with Gasteiger partial charge in [-0.25, -0.2) is 4.98 Å². The van der Waals surface area contributed by atoms with Crippen molar-refractivity contribution in [3.05, 3.63) is 83.0 Å². The molecule has 6 heteroatoms. The average molecular weight is 368 g/mol. The molecule has 1 amide bonds. The Morgan fingerprint density at radius 2 is 1.88 bits per heavy atom. The lowest BCUT2D eigenvalue weighted by Crippen LogP contribution is -2.23. The Balaban J connectivity index is 1.67. The van der Waals surface area contributed by atoms with E-state index in [1.165, 1.54) is 0 Å². The van der Waals surface area contributed by atoms with Gasteiger partial charge in [0.05, 0.1) is 7.11 Å². The number of benzene rings is 2. The van der Waals surface area contributed by atoms with E-state index in [4.69, 9.17) is 16.3 Å². The van der Waals surface area contributed by atoms with Crippen LogP contribution in [0.5, 0.6) is 5.75 Å². The molecule has 0 atom stereocenters. The Bertz CT molecular complexity index is 898. The third kappa shape index (κ3) is 4.52. The van der Waals surface area contributed by atoms with E-state index in [2.05, 4.69) is 15.6 Å². The molecule has 3 rings (SSSR count). The molecular weight excluding hydrogens is 350 g/mol. The number of rotatable bonds is 6. The van der Waals surface area contributed by atoms with Gasteiger partial charge >= 0.3 is 0 Å². The molecule has 5 nitrogen and oxygen atoms in total. The van der Waals surface area contributed by atoms with Gasteiger partial charge in [0, 0.05) is 34.6 Å². The number of carbonyl (C=O) groups excluding carboxylic acids is 1. The minimum atomic E-state index is -0.183. The zero-order valence-corrected chi connectivity index (χ0v) is 15.0. The van der Waals surface area contributed by atoms with Gasteiger partial charge in [-0.15, -0.1) is 0 Å². The van der Waals surface area contributed by atoms with Gasteiger partial charge in [0.15, 0.2) is 0 Å². The SMILES string of the molecule is COc1ccccc1CNC(=O)c1ccnc(Nc2ccc(Cl)cc2)c1. The number of methoxy groups -OCH3 is 1. The van der Waals surface area contributed by atoms with Crippen LogP contribution in [0.1, 0.15) is 15.9 Å². The average Bonchev–Trinajstić information content (AvgIpc) is 2.68. The Labute approximate surface area is 157 Å². The maximum Gasteiger partial charge on any atom is 0.251 e. The number of pyridine rings is 1. The Hall–Kier alpha value is -3.05. The number of nitrogens with zero attached hydrogens (tertiary/aromatic N) is 1. The van der Waals surface area contributed by atoms with Crippen LogP contribution < -0.4 is 15.4 Å². The number of halogens is 1. The fraction of sp³-hybridized carbons (Fsp3) is 0.100. The molecule has 3 aromatic rings. The molecule has 132 valence electrons. The van der Waals surface area contributed by atoms with Gasteiger partial charge in [0.1, 0.15) is 11.6 Å². The van der Waals surface area contributed by atoms with Gasteiger partial charge in [-0.2, -0.15) is 0 Å². The van der Waals surface area contributed by atoms with Gasteiger partial charge in [-0.3, -0.25) is 4.79 Å². The minimum absolute atomic E-state index is 0.183. The lowest BCUT2D eigenvalue weighted by Gasteiger charge is -2.10. The molecule has 2 N–H and O–H groups in total. The number of aromatic nitrogens is 1. The van der Waals surface area contributed by atoms with Gasteiger partial charge in [-0.05, 0) is 42.5 Å². The highest BCUT2D eigenvalue weighted by Crippen LogP contribution is 2.19. The Morgan fingerprint density at radius 1 is 1.12 bits per heavy atom. The quantitative estimate of drug-likeness (QED) is 0.677. The molecule has 0 radical (unpaired) electrons. The highest BCUT2D eigenvalue weighted by atomic mass is 35.5. The second-order valence-corrected chi connectivity index (χ2v) is 5.99. The van der Waals surface area contributed by atoms with Crippen LogP contribution in [0.2, 0.25) is 5.02 Å². The van der Waals surface area contributed by atoms with Gasteiger partial charge in [0.25, 0.3) is 5.91 Å². The summed E-state index contributed by atoms with van der Waals surface area (Å²) in [5.41, 5.74) is 2.27. The van der Waals surface area contributed by atoms with E-state index in [0.29, 0.717) is 22.9 Å². The van der Waals surface area contributed by atoms with Crippen LogP contribution in [0.3, 0.4) is 0 Å². The maximum absolute atomic E-state index is 12.4. The standard InChI is InChI=1S/C20H18ClN3O2/c1-26-18-5-3-2-4-15(18)13-23-20(25)14-10-11-22-19(12-14)24-17-8-6-16(21)7-9-17/h2-12H,13H2,1H3,(H,22,24)(H,23,25). The summed E-state index contributed by atoms with van der Waals surface area (Å²) in [4.78, 5) is 16.7. The summed E-state index contributed by atoms with van der Waals surface area (Å²) in [6, 6.07) is 18.2. The zero-order chi connectivity index (χ0) is 18.4. The lowest BCUT2D eigenvalue weighted by molar-refractivity contribution is 0.0950. The summed E-state index contributed by atoms with van der Waals surface area (Å²) >= 11 is 5.88. The highest BCUT2D eigenvalue weighted by Gasteiger charge is 2.09. The summed E-state index contributed by atoms with van der Waals surface area (Å²) < 4.78 is 5.30. The van der Waals surface area contributed by atoms with Crippen molar-refractivity contribution in [3.63, 3.8) is 0 Å². The van der Waals surface area contributed by atoms with Crippen LogP contribution in [-0.4, -0.2) is 18.0 Å². The molecule has 0 fully saturated rings. The first-order chi connectivity index (χ1) is 12.7. The van der Waals surface area contributed by atoms with Gasteiger partial charge < -0.3 is 15.4 Å². The van der Waals surface area contributed by atoms with Crippen LogP contribution in [-0.2, 0) is 6.54 Å². The maximum atomic E-state index is 12.4. The van der Waals surface area contributed by atoms with E-state index in [1.807, 2.05) is 36.4 Å². The van der Waals surface area contributed by atoms with Crippen molar-refractivity contribution in [2.24, 2.45) is 0 Å². The normalized spacial score (nSPS) is 10.2. The molecule has 0 aliphatic carbocycles. The molecule has 1 aromatic heterocycles. The smallest absolute Gasteiger partial charge is 0.251 e. The van der Waals surface area contributed by atoms with Crippen LogP contribution in [0.4, 0.5) is 11.5 Å². The Morgan fingerprint density at radius 3 is 2.65 bits per heavy atom. The molecule has 0 aliphatic rings. The number of nitrogens with one attached hydrogen (secondary N) is 2. The molecule has 1 heterocycles. The third-order valence-electron chi connectivity index (χ3n) is 3.77. The number of para-hydroxylation sites is 1. The molecule has 2 aromatic carbocycles. The molecule has 0 unspecified atom stereocenters. The number of amides is 1. The van der Waals surface area contributed by atoms with E-state index in [1.54, 1.807) is 37.6 Å². The first-order valence-electron chi connectivity index (χ1n) is 8.04. The van der Waals surface area contributed by atoms with Crippen molar-refractivity contribution in [1.29, 1.82) is 0 Å². The van der Waals surface area contributed by atoms with Crippen molar-refractivity contribution in [1.82, 2.24) is 10.3 Å². The number of hydrogen-bond donors (Lipinski definition) is 2. The van der Waals surface area contributed by atoms with Crippen LogP contribution >= 0.6 is 11.6 Å². The molecule has 0 spiro atoms. The second kappa shape index (κ2) is 8.36. The van der Waals surface area contributed by atoms with Crippen molar-refractivity contribution in [2.45, 2.75) is 6.54 Å². The van der Waals surface area contributed by atoms with Crippen molar-refractivity contribution < 1.29 is 9.53 Å². The fourth-order valence-corrected chi connectivity index (χ4v) is 2.57. The predicted octanol–water partition coefficient (Wildman–Crippen LogP) is 4.42. The van der Waals surface area contributed by atoms with Crippen LogP contribution in [0.15, 0.2) is 66.9 Å². The topological polar surface area (TPSA) is 63.2 Å². The van der Waals surface area contributed by atoms with E-state index < -0.39 is 0 Å². The van der Waals surface area contributed by atoms with Crippen molar-refractivity contribution in [3.8, 4) is 5.75 Å². The third-order valence-corrected chi connectivity index (χ3v) is 4.02. The monoisotopic (exact) mass is 367 g/mol. The van der Waals surface area contributed by atoms with Gasteiger partial charge in [0.2, 0.25) is 0 Å². The summed E-state index contributed by atoms with van der Waals surface area (Å²) in [5, 5.41) is 6.71. The van der Waals surface area contributed by atoms with E-state index >= 15 is 0 Å². The summed E-state index contributed by atoms with van der Waals surface area (Å²) in [6.45, 7) is 0.380. The number of anilines is 2. The minimum Gasteiger partial charge on any atom is -0.496 e. The molecule has 0 bridgehead atoms. The molecular formula is C20H18ClN3O2. The summed E-state index contributed by atoms with van der Waals surface area (Å²) in [5.74, 6) is 1.14. The fourth-order valence-electron chi connectivity index (χ4n) is 2.45. The zero-order valence-electron chi connectivity index (χ0n) is 14.2. The Kier molecular flexibility index (Phi) is 5.71. The number of ether oxygens (including phenoxy) is 1. The first kappa shape index (κ1) is 17.8. The van der Waals surface area contributed by atoms with Crippen LogP contribution in [0, 0.1) is 0 Å². The number of hydrogen-bond acceptors (Lipinski definition) is 4. The lowest BCUT2D eigenvalue weighted by atomic mass is 10.2. The molecule has 0 saturated heterocycles. The van der Waals surface area contributed by atoms with E-state index in [0.717, 1.165) is 17.0 Å². The van der Waals surface area contributed by atoms with Crippen molar-refractivity contribution in [2.75, 3.05) is 12.4 Å². The van der Waals surface area contributed by atoms with Crippen LogP contribution in [0.25, 0.3) is 0 Å². The number of carbonyl (C=O) groups is 1.